The third-order valence-electron chi connectivity index (χ3n) is 3.70. The molecule has 0 fully saturated rings. The Morgan fingerprint density at radius 2 is 2.00 bits per heavy atom. The molecule has 0 amide bonds. The Morgan fingerprint density at radius 3 is 2.74 bits per heavy atom. The predicted molar refractivity (Wildman–Crippen MR) is 78.4 cm³/mol. The highest BCUT2D eigenvalue weighted by atomic mass is 16.5. The molecule has 0 saturated carbocycles. The average molecular weight is 253 g/mol. The quantitative estimate of drug-likeness (QED) is 0.891. The van der Waals surface area contributed by atoms with Crippen LogP contribution in [0.2, 0.25) is 0 Å². The average Bonchev–Trinajstić information content (AvgIpc) is 2.82. The number of hydrogen-bond acceptors (Lipinski definition) is 2. The fraction of sp³-hybridized carbons (Fsp3) is 0.294. The molecular weight excluding hydrogens is 234 g/mol. The summed E-state index contributed by atoms with van der Waals surface area (Å²) in [5.74, 6) is 1.01. The number of rotatable bonds is 2. The number of fused-ring (bicyclic) bond motifs is 1. The Bertz CT molecular complexity index is 604. The highest BCUT2D eigenvalue weighted by Crippen LogP contribution is 2.39. The molecule has 0 saturated heterocycles. The van der Waals surface area contributed by atoms with Gasteiger partial charge >= 0.3 is 0 Å². The molecule has 2 unspecified atom stereocenters. The summed E-state index contributed by atoms with van der Waals surface area (Å²) >= 11 is 0. The van der Waals surface area contributed by atoms with Crippen LogP contribution >= 0.6 is 0 Å². The Hall–Kier alpha value is -1.80. The van der Waals surface area contributed by atoms with Crippen LogP contribution in [-0.2, 0) is 6.42 Å². The molecular formula is C17H19NO. The first-order valence-corrected chi connectivity index (χ1v) is 6.76. The largest absolute Gasteiger partial charge is 0.488 e. The van der Waals surface area contributed by atoms with Gasteiger partial charge < -0.3 is 10.5 Å². The second-order valence-electron chi connectivity index (χ2n) is 5.38. The van der Waals surface area contributed by atoms with E-state index in [1.54, 1.807) is 0 Å². The van der Waals surface area contributed by atoms with Gasteiger partial charge in [-0.2, -0.15) is 0 Å². The van der Waals surface area contributed by atoms with E-state index in [-0.39, 0.29) is 12.1 Å². The normalized spacial score (nSPS) is 18.8. The summed E-state index contributed by atoms with van der Waals surface area (Å²) in [6, 6.07) is 14.9. The molecule has 2 nitrogen and oxygen atoms in total. The van der Waals surface area contributed by atoms with Gasteiger partial charge in [-0.3, -0.25) is 0 Å². The van der Waals surface area contributed by atoms with Crippen LogP contribution in [0.4, 0.5) is 0 Å². The molecule has 0 aromatic heterocycles. The fourth-order valence-electron chi connectivity index (χ4n) is 2.63. The van der Waals surface area contributed by atoms with E-state index in [1.165, 1.54) is 22.3 Å². The summed E-state index contributed by atoms with van der Waals surface area (Å²) < 4.78 is 6.07. The molecule has 1 aliphatic rings. The SMILES string of the molecule is Cc1cccc(-c2cccc3c2OC(C(C)N)C3)c1. The van der Waals surface area contributed by atoms with Gasteiger partial charge in [-0.1, -0.05) is 48.0 Å². The smallest absolute Gasteiger partial charge is 0.130 e. The Balaban J connectivity index is 2.04. The zero-order valence-electron chi connectivity index (χ0n) is 11.4. The van der Waals surface area contributed by atoms with E-state index in [0.29, 0.717) is 0 Å². The van der Waals surface area contributed by atoms with Gasteiger partial charge in [0.2, 0.25) is 0 Å². The maximum Gasteiger partial charge on any atom is 0.130 e. The number of aryl methyl sites for hydroxylation is 1. The van der Waals surface area contributed by atoms with Crippen LogP contribution in [0.5, 0.6) is 5.75 Å². The second kappa shape index (κ2) is 4.71. The van der Waals surface area contributed by atoms with Gasteiger partial charge in [-0.15, -0.1) is 0 Å². The second-order valence-corrected chi connectivity index (χ2v) is 5.38. The lowest BCUT2D eigenvalue weighted by Crippen LogP contribution is -2.34. The van der Waals surface area contributed by atoms with Crippen LogP contribution in [0.1, 0.15) is 18.1 Å². The molecule has 3 rings (SSSR count). The predicted octanol–water partition coefficient (Wildman–Crippen LogP) is 3.31. The van der Waals surface area contributed by atoms with E-state index in [0.717, 1.165) is 12.2 Å². The molecule has 2 N–H and O–H groups in total. The minimum absolute atomic E-state index is 0.0535. The highest BCUT2D eigenvalue weighted by Gasteiger charge is 2.27. The third kappa shape index (κ3) is 2.24. The van der Waals surface area contributed by atoms with Gasteiger partial charge in [0.25, 0.3) is 0 Å². The highest BCUT2D eigenvalue weighted by molar-refractivity contribution is 5.73. The standard InChI is InChI=1S/C17H19NO/c1-11-5-3-6-13(9-11)15-8-4-7-14-10-16(12(2)18)19-17(14)15/h3-9,12,16H,10,18H2,1-2H3. The van der Waals surface area contributed by atoms with Crippen LogP contribution in [0.3, 0.4) is 0 Å². The molecule has 0 bridgehead atoms. The van der Waals surface area contributed by atoms with Crippen molar-refractivity contribution in [3.05, 3.63) is 53.6 Å². The summed E-state index contributed by atoms with van der Waals surface area (Å²) in [6.07, 6.45) is 1.01. The van der Waals surface area contributed by atoms with E-state index in [9.17, 15) is 0 Å². The Kier molecular flexibility index (Phi) is 3.03. The number of para-hydroxylation sites is 1. The summed E-state index contributed by atoms with van der Waals surface area (Å²) in [7, 11) is 0. The first-order chi connectivity index (χ1) is 9.15. The van der Waals surface area contributed by atoms with Crippen molar-refractivity contribution >= 4 is 0 Å². The third-order valence-corrected chi connectivity index (χ3v) is 3.70. The summed E-state index contributed by atoms with van der Waals surface area (Å²) in [5, 5.41) is 0. The maximum atomic E-state index is 6.07. The van der Waals surface area contributed by atoms with E-state index in [2.05, 4.69) is 49.4 Å². The minimum Gasteiger partial charge on any atom is -0.488 e. The first-order valence-electron chi connectivity index (χ1n) is 6.76. The monoisotopic (exact) mass is 253 g/mol. The van der Waals surface area contributed by atoms with E-state index in [4.69, 9.17) is 10.5 Å². The molecule has 1 aliphatic heterocycles. The van der Waals surface area contributed by atoms with Crippen LogP contribution in [-0.4, -0.2) is 12.1 Å². The lowest BCUT2D eigenvalue weighted by Gasteiger charge is -2.15. The molecule has 0 spiro atoms. The minimum atomic E-state index is 0.0535. The lowest BCUT2D eigenvalue weighted by molar-refractivity contribution is 0.207. The van der Waals surface area contributed by atoms with Crippen LogP contribution in [0, 0.1) is 6.92 Å². The maximum absolute atomic E-state index is 6.07. The fourth-order valence-corrected chi connectivity index (χ4v) is 2.63. The van der Waals surface area contributed by atoms with Crippen molar-refractivity contribution in [2.45, 2.75) is 32.4 Å². The summed E-state index contributed by atoms with van der Waals surface area (Å²) in [5.41, 5.74) is 10.9. The molecule has 2 atom stereocenters. The van der Waals surface area contributed by atoms with Gasteiger partial charge in [0, 0.05) is 18.0 Å². The number of hydrogen-bond donors (Lipinski definition) is 1. The van der Waals surface area contributed by atoms with Crippen LogP contribution in [0.25, 0.3) is 11.1 Å². The topological polar surface area (TPSA) is 35.2 Å². The Labute approximate surface area is 114 Å². The van der Waals surface area contributed by atoms with Gasteiger partial charge in [-0.05, 0) is 25.0 Å². The van der Waals surface area contributed by atoms with Gasteiger partial charge in [-0.25, -0.2) is 0 Å². The molecule has 2 aromatic rings. The van der Waals surface area contributed by atoms with Gasteiger partial charge in [0.1, 0.15) is 11.9 Å². The first kappa shape index (κ1) is 12.2. The van der Waals surface area contributed by atoms with Crippen molar-refractivity contribution in [2.75, 3.05) is 0 Å². The molecule has 98 valence electrons. The summed E-state index contributed by atoms with van der Waals surface area (Å²) in [6.45, 7) is 4.11. The van der Waals surface area contributed by atoms with Crippen molar-refractivity contribution < 1.29 is 4.74 Å². The van der Waals surface area contributed by atoms with E-state index >= 15 is 0 Å². The Morgan fingerprint density at radius 1 is 1.21 bits per heavy atom. The van der Waals surface area contributed by atoms with Crippen LogP contribution in [0.15, 0.2) is 42.5 Å². The molecule has 2 heteroatoms. The summed E-state index contributed by atoms with van der Waals surface area (Å²) in [4.78, 5) is 0. The number of ether oxygens (including phenoxy) is 1. The van der Waals surface area contributed by atoms with Crippen molar-refractivity contribution in [3.63, 3.8) is 0 Å². The van der Waals surface area contributed by atoms with Crippen molar-refractivity contribution in [3.8, 4) is 16.9 Å². The van der Waals surface area contributed by atoms with E-state index in [1.807, 2.05) is 6.92 Å². The van der Waals surface area contributed by atoms with E-state index < -0.39 is 0 Å². The zero-order valence-corrected chi connectivity index (χ0v) is 11.4. The lowest BCUT2D eigenvalue weighted by atomic mass is 9.99. The van der Waals surface area contributed by atoms with Crippen molar-refractivity contribution in [1.29, 1.82) is 0 Å². The van der Waals surface area contributed by atoms with Crippen molar-refractivity contribution in [2.24, 2.45) is 5.73 Å². The van der Waals surface area contributed by atoms with Crippen LogP contribution < -0.4 is 10.5 Å². The molecule has 1 heterocycles. The molecule has 0 aliphatic carbocycles. The number of benzene rings is 2. The van der Waals surface area contributed by atoms with Gasteiger partial charge in [0.15, 0.2) is 0 Å². The molecule has 19 heavy (non-hydrogen) atoms. The number of nitrogens with two attached hydrogens (primary N) is 1. The van der Waals surface area contributed by atoms with Crippen molar-refractivity contribution in [1.82, 2.24) is 0 Å². The molecule has 0 radical (unpaired) electrons. The van der Waals surface area contributed by atoms with Gasteiger partial charge in [0.05, 0.1) is 0 Å². The zero-order chi connectivity index (χ0) is 13.4. The molecule has 2 aromatic carbocycles.